The summed E-state index contributed by atoms with van der Waals surface area (Å²) in [6.07, 6.45) is 0. The number of rotatable bonds is 3. The van der Waals surface area contributed by atoms with Crippen LogP contribution in [0.5, 0.6) is 5.75 Å². The van der Waals surface area contributed by atoms with Crippen LogP contribution in [0.1, 0.15) is 0 Å². The summed E-state index contributed by atoms with van der Waals surface area (Å²) in [4.78, 5) is 2.04. The van der Waals surface area contributed by atoms with Gasteiger partial charge in [0.25, 0.3) is 0 Å². The number of anilines is 2. The molecule has 0 saturated heterocycles. The lowest BCUT2D eigenvalue weighted by Gasteiger charge is -2.15. The van der Waals surface area contributed by atoms with E-state index in [1.807, 2.05) is 44.2 Å². The number of ether oxygens (including phenoxy) is 1. The number of hydrogen-bond donors (Lipinski definition) is 1. The lowest BCUT2D eigenvalue weighted by atomic mass is 10.2. The van der Waals surface area contributed by atoms with Crippen molar-refractivity contribution in [3.8, 4) is 5.75 Å². The number of benzene rings is 1. The van der Waals surface area contributed by atoms with E-state index in [1.165, 1.54) is 0 Å². The molecule has 1 rings (SSSR count). The Morgan fingerprint density at radius 1 is 1.31 bits per heavy atom. The summed E-state index contributed by atoms with van der Waals surface area (Å²) in [5.41, 5.74) is 2.14. The molecule has 0 fully saturated rings. The zero-order chi connectivity index (χ0) is 9.84. The molecule has 0 aliphatic rings. The second-order valence-corrected chi connectivity index (χ2v) is 3.03. The summed E-state index contributed by atoms with van der Waals surface area (Å²) < 4.78 is 5.24. The third-order valence-electron chi connectivity index (χ3n) is 1.97. The second-order valence-electron chi connectivity index (χ2n) is 3.03. The molecule has 0 aliphatic carbocycles. The molecule has 72 valence electrons. The van der Waals surface area contributed by atoms with Crippen LogP contribution in [0.25, 0.3) is 0 Å². The molecule has 1 N–H and O–H groups in total. The molecule has 0 aromatic heterocycles. The topological polar surface area (TPSA) is 24.5 Å². The van der Waals surface area contributed by atoms with Crippen molar-refractivity contribution in [3.05, 3.63) is 18.2 Å². The summed E-state index contributed by atoms with van der Waals surface area (Å²) in [6.45, 7) is 0. The van der Waals surface area contributed by atoms with Gasteiger partial charge in [0.15, 0.2) is 0 Å². The minimum Gasteiger partial charge on any atom is -0.495 e. The molecule has 3 nitrogen and oxygen atoms in total. The van der Waals surface area contributed by atoms with E-state index in [4.69, 9.17) is 4.74 Å². The van der Waals surface area contributed by atoms with Gasteiger partial charge in [0.2, 0.25) is 0 Å². The van der Waals surface area contributed by atoms with E-state index in [-0.39, 0.29) is 0 Å². The van der Waals surface area contributed by atoms with Gasteiger partial charge in [-0.25, -0.2) is 0 Å². The normalized spacial score (nSPS) is 9.54. The lowest BCUT2D eigenvalue weighted by molar-refractivity contribution is 0.417. The van der Waals surface area contributed by atoms with Crippen LogP contribution in [0, 0.1) is 0 Å². The van der Waals surface area contributed by atoms with Crippen molar-refractivity contribution in [2.45, 2.75) is 0 Å². The van der Waals surface area contributed by atoms with E-state index in [0.29, 0.717) is 0 Å². The summed E-state index contributed by atoms with van der Waals surface area (Å²) in [5.74, 6) is 0.869. The first-order chi connectivity index (χ1) is 6.19. The Balaban J connectivity index is 3.05. The summed E-state index contributed by atoms with van der Waals surface area (Å²) >= 11 is 0. The molecule has 1 aromatic carbocycles. The molecule has 1 aromatic rings. The Labute approximate surface area is 79.3 Å². The molecule has 0 amide bonds. The third-order valence-corrected chi connectivity index (χ3v) is 1.97. The summed E-state index contributed by atoms with van der Waals surface area (Å²) in [6, 6.07) is 6.06. The molecule has 0 saturated carbocycles. The molecule has 3 heteroatoms. The van der Waals surface area contributed by atoms with Gasteiger partial charge < -0.3 is 15.0 Å². The molecule has 0 heterocycles. The van der Waals surface area contributed by atoms with Crippen LogP contribution in [0.2, 0.25) is 0 Å². The molecule has 0 unspecified atom stereocenters. The molecule has 0 aliphatic heterocycles. The van der Waals surface area contributed by atoms with Gasteiger partial charge in [-0.2, -0.15) is 0 Å². The van der Waals surface area contributed by atoms with E-state index in [9.17, 15) is 0 Å². The van der Waals surface area contributed by atoms with Gasteiger partial charge in [0.1, 0.15) is 5.75 Å². The average molecular weight is 180 g/mol. The van der Waals surface area contributed by atoms with Gasteiger partial charge >= 0.3 is 0 Å². The minimum atomic E-state index is 0.869. The fourth-order valence-electron chi connectivity index (χ4n) is 1.16. The van der Waals surface area contributed by atoms with Gasteiger partial charge in [-0.15, -0.1) is 0 Å². The molecular weight excluding hydrogens is 164 g/mol. The third kappa shape index (κ3) is 2.05. The standard InChI is InChI=1S/C10H16N2O/c1-11-9-6-5-8(12(2)3)7-10(9)13-4/h5-7,11H,1-4H3. The van der Waals surface area contributed by atoms with Crippen LogP contribution >= 0.6 is 0 Å². The zero-order valence-corrected chi connectivity index (χ0v) is 8.59. The van der Waals surface area contributed by atoms with E-state index in [2.05, 4.69) is 5.32 Å². The van der Waals surface area contributed by atoms with Crippen molar-refractivity contribution in [2.24, 2.45) is 0 Å². The maximum Gasteiger partial charge on any atom is 0.144 e. The predicted molar refractivity (Wildman–Crippen MR) is 56.9 cm³/mol. The van der Waals surface area contributed by atoms with Gasteiger partial charge in [-0.05, 0) is 12.1 Å². The van der Waals surface area contributed by atoms with Crippen molar-refractivity contribution in [3.63, 3.8) is 0 Å². The van der Waals surface area contributed by atoms with Gasteiger partial charge in [-0.3, -0.25) is 0 Å². The number of nitrogens with one attached hydrogen (secondary N) is 1. The average Bonchev–Trinajstić information content (AvgIpc) is 2.16. The first-order valence-corrected chi connectivity index (χ1v) is 4.22. The highest BCUT2D eigenvalue weighted by Crippen LogP contribution is 2.28. The van der Waals surface area contributed by atoms with Crippen molar-refractivity contribution >= 4 is 11.4 Å². The predicted octanol–water partition coefficient (Wildman–Crippen LogP) is 1.80. The first kappa shape index (κ1) is 9.71. The minimum absolute atomic E-state index is 0.869. The van der Waals surface area contributed by atoms with Crippen LogP contribution in [-0.4, -0.2) is 28.3 Å². The van der Waals surface area contributed by atoms with Crippen molar-refractivity contribution in [2.75, 3.05) is 38.5 Å². The zero-order valence-electron chi connectivity index (χ0n) is 8.59. The Morgan fingerprint density at radius 3 is 2.46 bits per heavy atom. The van der Waals surface area contributed by atoms with Gasteiger partial charge in [-0.1, -0.05) is 0 Å². The summed E-state index contributed by atoms with van der Waals surface area (Å²) in [7, 11) is 7.57. The summed E-state index contributed by atoms with van der Waals surface area (Å²) in [5, 5.41) is 3.07. The monoisotopic (exact) mass is 180 g/mol. The smallest absolute Gasteiger partial charge is 0.144 e. The van der Waals surface area contributed by atoms with Crippen molar-refractivity contribution in [1.82, 2.24) is 0 Å². The van der Waals surface area contributed by atoms with Gasteiger partial charge in [0.05, 0.1) is 12.8 Å². The van der Waals surface area contributed by atoms with Gasteiger partial charge in [0, 0.05) is 32.9 Å². The maximum absolute atomic E-state index is 5.24. The van der Waals surface area contributed by atoms with E-state index < -0.39 is 0 Å². The quantitative estimate of drug-likeness (QED) is 0.767. The Hall–Kier alpha value is -1.38. The Morgan fingerprint density at radius 2 is 2.00 bits per heavy atom. The lowest BCUT2D eigenvalue weighted by Crippen LogP contribution is -2.08. The Kier molecular flexibility index (Phi) is 3.01. The van der Waals surface area contributed by atoms with Crippen LogP contribution in [0.4, 0.5) is 11.4 Å². The highest BCUT2D eigenvalue weighted by atomic mass is 16.5. The van der Waals surface area contributed by atoms with Crippen LogP contribution in [0.15, 0.2) is 18.2 Å². The number of nitrogens with zero attached hydrogens (tertiary/aromatic N) is 1. The van der Waals surface area contributed by atoms with E-state index in [0.717, 1.165) is 17.1 Å². The highest BCUT2D eigenvalue weighted by Gasteiger charge is 2.02. The van der Waals surface area contributed by atoms with Crippen molar-refractivity contribution < 1.29 is 4.74 Å². The molecule has 0 spiro atoms. The largest absolute Gasteiger partial charge is 0.495 e. The SMILES string of the molecule is CNc1ccc(N(C)C)cc1OC. The molecular formula is C10H16N2O. The number of hydrogen-bond acceptors (Lipinski definition) is 3. The highest BCUT2D eigenvalue weighted by molar-refractivity contribution is 5.63. The molecule has 13 heavy (non-hydrogen) atoms. The van der Waals surface area contributed by atoms with E-state index in [1.54, 1.807) is 7.11 Å². The Bertz CT molecular complexity index is 284. The number of methoxy groups -OCH3 is 1. The molecule has 0 atom stereocenters. The fraction of sp³-hybridized carbons (Fsp3) is 0.400. The second kappa shape index (κ2) is 4.03. The van der Waals surface area contributed by atoms with Crippen LogP contribution in [-0.2, 0) is 0 Å². The maximum atomic E-state index is 5.24. The van der Waals surface area contributed by atoms with Crippen molar-refractivity contribution in [1.29, 1.82) is 0 Å². The fourth-order valence-corrected chi connectivity index (χ4v) is 1.16. The van der Waals surface area contributed by atoms with Crippen LogP contribution < -0.4 is 15.0 Å². The van der Waals surface area contributed by atoms with E-state index >= 15 is 0 Å². The molecule has 0 radical (unpaired) electrons. The van der Waals surface area contributed by atoms with Crippen LogP contribution in [0.3, 0.4) is 0 Å². The molecule has 0 bridgehead atoms. The first-order valence-electron chi connectivity index (χ1n) is 4.22.